The molecule has 1 aliphatic rings. The Balaban J connectivity index is 1.40. The number of aliphatic hydroxyl groups is 1. The molecule has 0 aliphatic carbocycles. The van der Waals surface area contributed by atoms with Crippen molar-refractivity contribution in [3.05, 3.63) is 54.2 Å². The van der Waals surface area contributed by atoms with Crippen LogP contribution in [0.3, 0.4) is 0 Å². The fraction of sp³-hybridized carbons (Fsp3) is 0.389. The number of nitrogens with zero attached hydrogens (tertiary/aromatic N) is 1. The van der Waals surface area contributed by atoms with Crippen molar-refractivity contribution in [3.8, 4) is 0 Å². The van der Waals surface area contributed by atoms with Crippen molar-refractivity contribution in [3.63, 3.8) is 0 Å². The minimum absolute atomic E-state index is 0.0607. The zero-order chi connectivity index (χ0) is 17.6. The van der Waals surface area contributed by atoms with Crippen molar-refractivity contribution in [1.29, 1.82) is 0 Å². The Kier molecular flexibility index (Phi) is 5.55. The number of furan rings is 1. The third-order valence-electron chi connectivity index (χ3n) is 4.33. The molecule has 1 aliphatic heterocycles. The summed E-state index contributed by atoms with van der Waals surface area (Å²) in [6, 6.07) is 9.64. The van der Waals surface area contributed by atoms with Gasteiger partial charge >= 0.3 is 6.03 Å². The molecule has 2 aromatic rings. The lowest BCUT2D eigenvalue weighted by Gasteiger charge is -2.34. The number of aliphatic hydroxyl groups excluding tert-OH is 1. The number of carbonyl (C=O) groups excluding carboxylic acids is 1. The molecule has 2 heterocycles. The number of benzene rings is 1. The molecule has 0 spiro atoms. The van der Waals surface area contributed by atoms with E-state index in [4.69, 9.17) is 4.42 Å². The van der Waals surface area contributed by atoms with Crippen LogP contribution in [0.2, 0.25) is 0 Å². The summed E-state index contributed by atoms with van der Waals surface area (Å²) in [6.07, 6.45) is 2.18. The number of rotatable bonds is 5. The Hall–Kier alpha value is -2.54. The molecule has 1 aromatic heterocycles. The third kappa shape index (κ3) is 4.73. The van der Waals surface area contributed by atoms with E-state index in [1.165, 1.54) is 18.4 Å². The first-order chi connectivity index (χ1) is 12.1. The summed E-state index contributed by atoms with van der Waals surface area (Å²) in [4.78, 5) is 14.1. The van der Waals surface area contributed by atoms with E-state index >= 15 is 0 Å². The number of amides is 2. The fourth-order valence-electron chi connectivity index (χ4n) is 2.96. The molecule has 0 saturated carbocycles. The van der Waals surface area contributed by atoms with Gasteiger partial charge in [-0.25, -0.2) is 9.18 Å². The second-order valence-electron chi connectivity index (χ2n) is 6.13. The summed E-state index contributed by atoms with van der Waals surface area (Å²) in [6.45, 7) is 1.59. The maximum absolute atomic E-state index is 13.3. The molecule has 0 radical (unpaired) electrons. The Labute approximate surface area is 145 Å². The van der Waals surface area contributed by atoms with Crippen molar-refractivity contribution in [1.82, 2.24) is 10.6 Å². The lowest BCUT2D eigenvalue weighted by molar-refractivity contribution is 0.147. The maximum atomic E-state index is 13.3. The quantitative estimate of drug-likeness (QED) is 0.776. The van der Waals surface area contributed by atoms with Crippen LogP contribution in [-0.4, -0.2) is 36.8 Å². The van der Waals surface area contributed by atoms with Crippen LogP contribution in [-0.2, 0) is 0 Å². The van der Waals surface area contributed by atoms with Crippen LogP contribution < -0.4 is 15.5 Å². The van der Waals surface area contributed by atoms with Gasteiger partial charge in [-0.3, -0.25) is 0 Å². The first-order valence-electron chi connectivity index (χ1n) is 8.38. The number of hydrogen-bond acceptors (Lipinski definition) is 4. The normalized spacial score (nSPS) is 16.5. The fourth-order valence-corrected chi connectivity index (χ4v) is 2.96. The second-order valence-corrected chi connectivity index (χ2v) is 6.13. The van der Waals surface area contributed by atoms with Gasteiger partial charge < -0.3 is 25.1 Å². The van der Waals surface area contributed by atoms with Crippen molar-refractivity contribution < 1.29 is 18.7 Å². The summed E-state index contributed by atoms with van der Waals surface area (Å²) in [7, 11) is 0. The lowest BCUT2D eigenvalue weighted by Crippen LogP contribution is -2.48. The van der Waals surface area contributed by atoms with Crippen molar-refractivity contribution in [2.24, 2.45) is 0 Å². The maximum Gasteiger partial charge on any atom is 0.315 e. The molecule has 134 valence electrons. The molecule has 3 N–H and O–H groups in total. The van der Waals surface area contributed by atoms with Crippen molar-refractivity contribution >= 4 is 11.7 Å². The Morgan fingerprint density at radius 2 is 2.12 bits per heavy atom. The Morgan fingerprint density at radius 1 is 1.32 bits per heavy atom. The number of urea groups is 1. The van der Waals surface area contributed by atoms with E-state index < -0.39 is 6.10 Å². The van der Waals surface area contributed by atoms with Crippen molar-refractivity contribution in [2.45, 2.75) is 25.0 Å². The van der Waals surface area contributed by atoms with E-state index in [2.05, 4.69) is 15.5 Å². The number of hydrogen-bond donors (Lipinski definition) is 3. The van der Waals surface area contributed by atoms with Gasteiger partial charge in [-0.05, 0) is 43.2 Å². The van der Waals surface area contributed by atoms with Crippen LogP contribution in [0.5, 0.6) is 0 Å². The van der Waals surface area contributed by atoms with Crippen molar-refractivity contribution in [2.75, 3.05) is 24.5 Å². The van der Waals surface area contributed by atoms with Gasteiger partial charge in [0.1, 0.15) is 17.7 Å². The van der Waals surface area contributed by atoms with Gasteiger partial charge in [0.25, 0.3) is 0 Å². The van der Waals surface area contributed by atoms with E-state index in [0.29, 0.717) is 5.76 Å². The molecule has 1 saturated heterocycles. The lowest BCUT2D eigenvalue weighted by atomic mass is 10.0. The number of carbonyl (C=O) groups is 1. The summed E-state index contributed by atoms with van der Waals surface area (Å²) in [5, 5.41) is 15.4. The average molecular weight is 347 g/mol. The highest BCUT2D eigenvalue weighted by atomic mass is 19.1. The first-order valence-corrected chi connectivity index (χ1v) is 8.38. The number of piperidine rings is 1. The zero-order valence-corrected chi connectivity index (χ0v) is 13.8. The van der Waals surface area contributed by atoms with Crippen LogP contribution in [0.4, 0.5) is 14.9 Å². The highest BCUT2D eigenvalue weighted by Crippen LogP contribution is 2.20. The molecule has 3 rings (SSSR count). The number of anilines is 1. The monoisotopic (exact) mass is 347 g/mol. The van der Waals surface area contributed by atoms with E-state index in [1.807, 2.05) is 6.07 Å². The number of halogens is 1. The molecule has 25 heavy (non-hydrogen) atoms. The van der Waals surface area contributed by atoms with Gasteiger partial charge in [-0.1, -0.05) is 6.07 Å². The smallest absolute Gasteiger partial charge is 0.315 e. The minimum atomic E-state index is -0.865. The predicted molar refractivity (Wildman–Crippen MR) is 91.8 cm³/mol. The van der Waals surface area contributed by atoms with E-state index in [0.717, 1.165) is 31.6 Å². The Bertz CT molecular complexity index is 685. The van der Waals surface area contributed by atoms with Gasteiger partial charge in [0, 0.05) is 24.8 Å². The van der Waals surface area contributed by atoms with Crippen LogP contribution in [0.15, 0.2) is 47.1 Å². The standard InChI is InChI=1S/C18H22FN3O3/c19-13-3-1-4-15(11-13)22-8-6-14(7-9-22)21-18(24)20-12-16(23)17-5-2-10-25-17/h1-5,10-11,14,16,23H,6-9,12H2,(H2,20,21,24). The minimum Gasteiger partial charge on any atom is -0.467 e. The first kappa shape index (κ1) is 17.3. The van der Waals surface area contributed by atoms with Crippen LogP contribution in [0.1, 0.15) is 24.7 Å². The molecule has 0 bridgehead atoms. The van der Waals surface area contributed by atoms with E-state index in [9.17, 15) is 14.3 Å². The molecule has 1 unspecified atom stereocenters. The van der Waals surface area contributed by atoms with Gasteiger partial charge in [-0.2, -0.15) is 0 Å². The Morgan fingerprint density at radius 3 is 2.80 bits per heavy atom. The summed E-state index contributed by atoms with van der Waals surface area (Å²) >= 11 is 0. The summed E-state index contributed by atoms with van der Waals surface area (Å²) < 4.78 is 18.4. The van der Waals surface area contributed by atoms with E-state index in [1.54, 1.807) is 18.2 Å². The van der Waals surface area contributed by atoms with Gasteiger partial charge in [0.15, 0.2) is 0 Å². The topological polar surface area (TPSA) is 77.7 Å². The highest BCUT2D eigenvalue weighted by molar-refractivity contribution is 5.74. The second kappa shape index (κ2) is 8.02. The molecular weight excluding hydrogens is 325 g/mol. The van der Waals surface area contributed by atoms with Gasteiger partial charge in [0.2, 0.25) is 0 Å². The van der Waals surface area contributed by atoms with Crippen LogP contribution >= 0.6 is 0 Å². The molecule has 1 aromatic carbocycles. The zero-order valence-electron chi connectivity index (χ0n) is 13.8. The largest absolute Gasteiger partial charge is 0.467 e. The highest BCUT2D eigenvalue weighted by Gasteiger charge is 2.21. The molecule has 7 heteroatoms. The predicted octanol–water partition coefficient (Wildman–Crippen LogP) is 2.42. The average Bonchev–Trinajstić information content (AvgIpc) is 3.15. The third-order valence-corrected chi connectivity index (χ3v) is 4.33. The molecular formula is C18H22FN3O3. The number of nitrogens with one attached hydrogen (secondary N) is 2. The summed E-state index contributed by atoms with van der Waals surface area (Å²) in [5.41, 5.74) is 0.865. The molecule has 2 amide bonds. The SMILES string of the molecule is O=C(NCC(O)c1ccco1)NC1CCN(c2cccc(F)c2)CC1. The molecule has 6 nitrogen and oxygen atoms in total. The van der Waals surface area contributed by atoms with Crippen LogP contribution in [0.25, 0.3) is 0 Å². The molecule has 1 atom stereocenters. The van der Waals surface area contributed by atoms with Crippen LogP contribution in [0, 0.1) is 5.82 Å². The summed E-state index contributed by atoms with van der Waals surface area (Å²) in [5.74, 6) is 0.177. The molecule has 1 fully saturated rings. The van der Waals surface area contributed by atoms with Gasteiger partial charge in [0.05, 0.1) is 12.8 Å². The van der Waals surface area contributed by atoms with Gasteiger partial charge in [-0.15, -0.1) is 0 Å². The van der Waals surface area contributed by atoms with E-state index in [-0.39, 0.29) is 24.4 Å².